The van der Waals surface area contributed by atoms with Gasteiger partial charge in [-0.15, -0.1) is 0 Å². The number of aliphatic carboxylic acids is 1. The Kier molecular flexibility index (Phi) is 3.05. The fraction of sp³-hybridized carbons (Fsp3) is 0.273. The summed E-state index contributed by atoms with van der Waals surface area (Å²) in [6.07, 6.45) is 0.676. The third-order valence-corrected chi connectivity index (χ3v) is 3.13. The summed E-state index contributed by atoms with van der Waals surface area (Å²) < 4.78 is 10.3. The number of methoxy groups -OCH3 is 1. The summed E-state index contributed by atoms with van der Waals surface area (Å²) >= 11 is 1.38. The lowest BCUT2D eigenvalue weighted by atomic mass is 10.1. The number of carbonyl (C=O) groups is 1. The molecule has 0 amide bonds. The molecule has 84 valence electrons. The number of aromatic nitrogens is 1. The molecule has 0 aliphatic carbocycles. The minimum absolute atomic E-state index is 0.144. The lowest BCUT2D eigenvalue weighted by Gasteiger charge is -1.99. The third kappa shape index (κ3) is 2.14. The highest BCUT2D eigenvalue weighted by Crippen LogP contribution is 2.29. The normalized spacial score (nSPS) is 10.6. The molecule has 0 saturated carbocycles. The monoisotopic (exact) mass is 237 g/mol. The SMILES string of the molecule is COc1nsc2ccc(CCC(=O)O)cc12. The van der Waals surface area contributed by atoms with E-state index >= 15 is 0 Å². The van der Waals surface area contributed by atoms with Crippen LogP contribution in [-0.4, -0.2) is 22.6 Å². The highest BCUT2D eigenvalue weighted by Gasteiger charge is 2.07. The van der Waals surface area contributed by atoms with Crippen molar-refractivity contribution in [3.63, 3.8) is 0 Å². The van der Waals surface area contributed by atoms with Gasteiger partial charge in [-0.2, -0.15) is 4.37 Å². The van der Waals surface area contributed by atoms with Crippen LogP contribution in [-0.2, 0) is 11.2 Å². The summed E-state index contributed by atoms with van der Waals surface area (Å²) in [6.45, 7) is 0. The van der Waals surface area contributed by atoms with Crippen LogP contribution < -0.4 is 4.74 Å². The van der Waals surface area contributed by atoms with Gasteiger partial charge in [0.05, 0.1) is 17.2 Å². The maximum absolute atomic E-state index is 10.5. The topological polar surface area (TPSA) is 59.4 Å². The molecular formula is C11H11NO3S. The lowest BCUT2D eigenvalue weighted by Crippen LogP contribution is -1.97. The second-order valence-corrected chi connectivity index (χ2v) is 4.22. The molecule has 0 aliphatic heterocycles. The molecule has 5 heteroatoms. The number of fused-ring (bicyclic) bond motifs is 1. The Morgan fingerprint density at radius 1 is 1.56 bits per heavy atom. The number of hydrogen-bond donors (Lipinski definition) is 1. The summed E-state index contributed by atoms with van der Waals surface area (Å²) in [5, 5.41) is 9.57. The van der Waals surface area contributed by atoms with Crippen molar-refractivity contribution in [1.29, 1.82) is 0 Å². The van der Waals surface area contributed by atoms with E-state index in [1.54, 1.807) is 7.11 Å². The largest absolute Gasteiger partial charge is 0.481 e. The number of carboxylic acids is 1. The van der Waals surface area contributed by atoms with Crippen LogP contribution in [0, 0.1) is 0 Å². The Balaban J connectivity index is 2.30. The first-order valence-electron chi connectivity index (χ1n) is 4.85. The molecule has 0 radical (unpaired) electrons. The first-order valence-corrected chi connectivity index (χ1v) is 5.62. The molecule has 0 saturated heterocycles. The Morgan fingerprint density at radius 3 is 3.06 bits per heavy atom. The molecule has 1 aromatic heterocycles. The number of carboxylic acid groups (broad SMARTS) is 1. The van der Waals surface area contributed by atoms with Crippen molar-refractivity contribution in [3.8, 4) is 5.88 Å². The fourth-order valence-corrected chi connectivity index (χ4v) is 2.25. The zero-order chi connectivity index (χ0) is 11.5. The maximum atomic E-state index is 10.5. The van der Waals surface area contributed by atoms with Crippen LogP contribution in [0.4, 0.5) is 0 Å². The van der Waals surface area contributed by atoms with E-state index in [-0.39, 0.29) is 6.42 Å². The molecule has 16 heavy (non-hydrogen) atoms. The second-order valence-electron chi connectivity index (χ2n) is 3.42. The van der Waals surface area contributed by atoms with Gasteiger partial charge < -0.3 is 9.84 Å². The van der Waals surface area contributed by atoms with Gasteiger partial charge >= 0.3 is 5.97 Å². The summed E-state index contributed by atoms with van der Waals surface area (Å²) in [7, 11) is 1.58. The van der Waals surface area contributed by atoms with Crippen molar-refractivity contribution in [1.82, 2.24) is 4.37 Å². The Morgan fingerprint density at radius 2 is 2.38 bits per heavy atom. The predicted octanol–water partition coefficient (Wildman–Crippen LogP) is 2.32. The molecule has 2 aromatic rings. The predicted molar refractivity (Wildman–Crippen MR) is 62.1 cm³/mol. The van der Waals surface area contributed by atoms with E-state index in [4.69, 9.17) is 9.84 Å². The van der Waals surface area contributed by atoms with Crippen LogP contribution in [0.15, 0.2) is 18.2 Å². The number of hydrogen-bond acceptors (Lipinski definition) is 4. The summed E-state index contributed by atoms with van der Waals surface area (Å²) in [4.78, 5) is 10.5. The van der Waals surface area contributed by atoms with Crippen molar-refractivity contribution in [2.45, 2.75) is 12.8 Å². The van der Waals surface area contributed by atoms with Gasteiger partial charge in [0.2, 0.25) is 5.88 Å². The van der Waals surface area contributed by atoms with Gasteiger partial charge in [0.25, 0.3) is 0 Å². The van der Waals surface area contributed by atoms with E-state index in [2.05, 4.69) is 4.37 Å². The molecule has 0 unspecified atom stereocenters. The zero-order valence-electron chi connectivity index (χ0n) is 8.77. The van der Waals surface area contributed by atoms with Crippen molar-refractivity contribution in [2.75, 3.05) is 7.11 Å². The van der Waals surface area contributed by atoms with Gasteiger partial charge in [-0.3, -0.25) is 4.79 Å². The van der Waals surface area contributed by atoms with E-state index in [0.717, 1.165) is 15.6 Å². The molecule has 0 bridgehead atoms. The third-order valence-electron chi connectivity index (χ3n) is 2.32. The van der Waals surface area contributed by atoms with Crippen molar-refractivity contribution >= 4 is 27.6 Å². The molecule has 0 spiro atoms. The standard InChI is InChI=1S/C11H11NO3S/c1-15-11-8-6-7(3-5-10(13)14)2-4-9(8)16-12-11/h2,4,6H,3,5H2,1H3,(H,13,14). The van der Waals surface area contributed by atoms with Gasteiger partial charge in [0.1, 0.15) is 0 Å². The van der Waals surface area contributed by atoms with Gasteiger partial charge in [-0.1, -0.05) is 6.07 Å². The molecule has 0 fully saturated rings. The van der Waals surface area contributed by atoms with Crippen LogP contribution in [0.5, 0.6) is 5.88 Å². The Bertz CT molecular complexity index is 521. The van der Waals surface area contributed by atoms with E-state index in [1.165, 1.54) is 11.5 Å². The summed E-state index contributed by atoms with van der Waals surface area (Å²) in [5.41, 5.74) is 0.994. The maximum Gasteiger partial charge on any atom is 0.303 e. The summed E-state index contributed by atoms with van der Waals surface area (Å²) in [6, 6.07) is 5.83. The lowest BCUT2D eigenvalue weighted by molar-refractivity contribution is -0.136. The van der Waals surface area contributed by atoms with E-state index in [0.29, 0.717) is 12.3 Å². The van der Waals surface area contributed by atoms with Crippen LogP contribution in [0.25, 0.3) is 10.1 Å². The average Bonchev–Trinajstić information content (AvgIpc) is 2.68. The van der Waals surface area contributed by atoms with E-state index < -0.39 is 5.97 Å². The molecule has 0 atom stereocenters. The van der Waals surface area contributed by atoms with E-state index in [9.17, 15) is 4.79 Å². The van der Waals surface area contributed by atoms with E-state index in [1.807, 2.05) is 18.2 Å². The molecule has 1 N–H and O–H groups in total. The molecule has 1 heterocycles. The minimum Gasteiger partial charge on any atom is -0.481 e. The highest BCUT2D eigenvalue weighted by molar-refractivity contribution is 7.13. The first-order chi connectivity index (χ1) is 7.70. The van der Waals surface area contributed by atoms with Crippen LogP contribution in [0.2, 0.25) is 0 Å². The summed E-state index contributed by atoms with van der Waals surface area (Å²) in [5.74, 6) is -0.173. The first kappa shape index (κ1) is 10.9. The van der Waals surface area contributed by atoms with Crippen molar-refractivity contribution in [3.05, 3.63) is 23.8 Å². The second kappa shape index (κ2) is 4.49. The molecule has 1 aromatic carbocycles. The number of aryl methyl sites for hydroxylation is 1. The van der Waals surface area contributed by atoms with Gasteiger partial charge in [-0.05, 0) is 35.6 Å². The van der Waals surface area contributed by atoms with Gasteiger partial charge in [0.15, 0.2) is 0 Å². The molecule has 4 nitrogen and oxygen atoms in total. The number of rotatable bonds is 4. The van der Waals surface area contributed by atoms with Crippen molar-refractivity contribution in [2.24, 2.45) is 0 Å². The van der Waals surface area contributed by atoms with Gasteiger partial charge in [-0.25, -0.2) is 0 Å². The molecular weight excluding hydrogens is 226 g/mol. The van der Waals surface area contributed by atoms with Crippen molar-refractivity contribution < 1.29 is 14.6 Å². The Hall–Kier alpha value is -1.62. The number of nitrogens with zero attached hydrogens (tertiary/aromatic N) is 1. The van der Waals surface area contributed by atoms with Crippen LogP contribution >= 0.6 is 11.5 Å². The minimum atomic E-state index is -0.782. The highest BCUT2D eigenvalue weighted by atomic mass is 32.1. The number of benzene rings is 1. The zero-order valence-corrected chi connectivity index (χ0v) is 9.58. The van der Waals surface area contributed by atoms with Gasteiger partial charge in [0, 0.05) is 6.42 Å². The smallest absolute Gasteiger partial charge is 0.303 e. The number of ether oxygens (including phenoxy) is 1. The molecule has 2 rings (SSSR count). The van der Waals surface area contributed by atoms with Crippen LogP contribution in [0.3, 0.4) is 0 Å². The average molecular weight is 237 g/mol. The molecule has 0 aliphatic rings. The van der Waals surface area contributed by atoms with Crippen LogP contribution in [0.1, 0.15) is 12.0 Å². The fourth-order valence-electron chi connectivity index (χ4n) is 1.52. The quantitative estimate of drug-likeness (QED) is 0.886. The Labute approximate surface area is 96.6 Å².